The maximum Gasteiger partial charge on any atom is 0.409 e. The van der Waals surface area contributed by atoms with Gasteiger partial charge in [0.2, 0.25) is 11.8 Å². The normalized spacial score (nSPS) is 19.6. The molecule has 3 heterocycles. The number of nitrogens with zero attached hydrogens (tertiary/aromatic N) is 2. The molecule has 0 saturated heterocycles. The number of fused-ring (bicyclic) bond motifs is 4. The molecule has 2 aromatic carbocycles. The molecule has 3 aromatic rings. The molecule has 2 aliphatic heterocycles. The molecule has 12 heteroatoms. The minimum atomic E-state index is -1.23. The second-order valence-corrected chi connectivity index (χ2v) is 10.3. The lowest BCUT2D eigenvalue weighted by Gasteiger charge is -2.33. The summed E-state index contributed by atoms with van der Waals surface area (Å²) in [5, 5.41) is 14.0. The standard InChI is InChI=1S/C28H26ClF2N5O4/c1-14-3-2-4-22(36-10-9-15(11-23(36)37)24-19(30)8-7-18(29)25(24)31)26-32-13-21(34-26)17-6-5-16(33-28(39)40)12-20(17)35-27(14)38/h5-8,11-14,22,33H,2-4,9-10H2,1H3,(H,32,34)(H,35,38)(H,39,40)/t14-,22+/m1/s1. The van der Waals surface area contributed by atoms with Gasteiger partial charge < -0.3 is 20.3 Å². The summed E-state index contributed by atoms with van der Waals surface area (Å²) >= 11 is 5.86. The number of aromatic nitrogens is 2. The van der Waals surface area contributed by atoms with Gasteiger partial charge in [-0.3, -0.25) is 14.9 Å². The lowest BCUT2D eigenvalue weighted by molar-refractivity contribution is -0.129. The molecule has 2 atom stereocenters. The molecule has 0 saturated carbocycles. The summed E-state index contributed by atoms with van der Waals surface area (Å²) in [6.45, 7) is 2.00. The van der Waals surface area contributed by atoms with Crippen molar-refractivity contribution in [3.8, 4) is 11.3 Å². The van der Waals surface area contributed by atoms with Gasteiger partial charge in [0.05, 0.1) is 34.2 Å². The van der Waals surface area contributed by atoms with Gasteiger partial charge in [-0.25, -0.2) is 18.6 Å². The fraction of sp³-hybridized carbons (Fsp3) is 0.286. The quantitative estimate of drug-likeness (QED) is 0.279. The number of carbonyl (C=O) groups excluding carboxylic acids is 2. The van der Waals surface area contributed by atoms with Gasteiger partial charge in [0.1, 0.15) is 11.6 Å². The van der Waals surface area contributed by atoms with E-state index >= 15 is 0 Å². The number of hydrogen-bond donors (Lipinski definition) is 4. The summed E-state index contributed by atoms with van der Waals surface area (Å²) < 4.78 is 29.1. The molecule has 2 aliphatic rings. The molecular weight excluding hydrogens is 544 g/mol. The van der Waals surface area contributed by atoms with E-state index in [0.29, 0.717) is 42.0 Å². The van der Waals surface area contributed by atoms with Gasteiger partial charge in [0, 0.05) is 29.8 Å². The largest absolute Gasteiger partial charge is 0.465 e. The van der Waals surface area contributed by atoms with Gasteiger partial charge in [0.15, 0.2) is 5.82 Å². The summed E-state index contributed by atoms with van der Waals surface area (Å²) in [4.78, 5) is 46.8. The monoisotopic (exact) mass is 569 g/mol. The number of nitrogens with one attached hydrogen (secondary N) is 3. The van der Waals surface area contributed by atoms with E-state index in [2.05, 4.69) is 20.6 Å². The Kier molecular flexibility index (Phi) is 7.57. The molecule has 5 rings (SSSR count). The Morgan fingerprint density at radius 2 is 2.00 bits per heavy atom. The predicted octanol–water partition coefficient (Wildman–Crippen LogP) is 6.21. The Labute approximate surface area is 233 Å². The number of anilines is 2. The van der Waals surface area contributed by atoms with Crippen LogP contribution in [0, 0.1) is 17.6 Å². The van der Waals surface area contributed by atoms with E-state index in [1.165, 1.54) is 12.1 Å². The van der Waals surface area contributed by atoms with Crippen LogP contribution in [0.2, 0.25) is 5.02 Å². The van der Waals surface area contributed by atoms with Gasteiger partial charge in [-0.1, -0.05) is 24.9 Å². The molecule has 3 amide bonds. The molecule has 0 aliphatic carbocycles. The molecule has 9 nitrogen and oxygen atoms in total. The fourth-order valence-corrected chi connectivity index (χ4v) is 5.31. The molecule has 0 radical (unpaired) electrons. The third kappa shape index (κ3) is 5.42. The van der Waals surface area contributed by atoms with E-state index < -0.39 is 29.7 Å². The second kappa shape index (κ2) is 11.1. The van der Waals surface area contributed by atoms with E-state index in [-0.39, 0.29) is 46.6 Å². The lowest BCUT2D eigenvalue weighted by Crippen LogP contribution is -2.38. The number of carboxylic acid groups (broad SMARTS) is 1. The highest BCUT2D eigenvalue weighted by molar-refractivity contribution is 6.31. The number of carbonyl (C=O) groups is 3. The molecule has 1 aromatic heterocycles. The molecule has 208 valence electrons. The van der Waals surface area contributed by atoms with Crippen molar-refractivity contribution in [2.75, 3.05) is 17.2 Å². The summed E-state index contributed by atoms with van der Waals surface area (Å²) in [5.41, 5.74) is 1.79. The third-order valence-corrected chi connectivity index (χ3v) is 7.53. The summed E-state index contributed by atoms with van der Waals surface area (Å²) in [6, 6.07) is 6.51. The summed E-state index contributed by atoms with van der Waals surface area (Å²) in [6.07, 6.45) is 3.44. The van der Waals surface area contributed by atoms with Crippen molar-refractivity contribution in [1.29, 1.82) is 0 Å². The van der Waals surface area contributed by atoms with Crippen molar-refractivity contribution in [3.63, 3.8) is 0 Å². The number of amides is 3. The lowest BCUT2D eigenvalue weighted by atomic mass is 9.95. The van der Waals surface area contributed by atoms with Crippen LogP contribution in [0.15, 0.2) is 42.6 Å². The number of aromatic amines is 1. The maximum absolute atomic E-state index is 14.6. The van der Waals surface area contributed by atoms with Crippen LogP contribution in [0.3, 0.4) is 0 Å². The minimum Gasteiger partial charge on any atom is -0.465 e. The first kappa shape index (κ1) is 27.3. The molecule has 0 unspecified atom stereocenters. The Balaban J connectivity index is 1.50. The minimum absolute atomic E-state index is 0.202. The topological polar surface area (TPSA) is 127 Å². The Morgan fingerprint density at radius 1 is 1.20 bits per heavy atom. The number of hydrogen-bond acceptors (Lipinski definition) is 4. The van der Waals surface area contributed by atoms with Crippen LogP contribution in [-0.4, -0.2) is 44.4 Å². The predicted molar refractivity (Wildman–Crippen MR) is 146 cm³/mol. The SMILES string of the molecule is C[C@@H]1CCC[C@H](N2CCC(c3c(F)ccc(Cl)c3F)=CC2=O)c2ncc([nH]2)-c2ccc(NC(=O)O)cc2NC1=O. The molecule has 0 fully saturated rings. The average Bonchev–Trinajstić information content (AvgIpc) is 3.38. The highest BCUT2D eigenvalue weighted by Crippen LogP contribution is 2.37. The molecular formula is C28H26ClF2N5O4. The van der Waals surface area contributed by atoms with Crippen molar-refractivity contribution in [1.82, 2.24) is 14.9 Å². The van der Waals surface area contributed by atoms with Crippen LogP contribution in [0.25, 0.3) is 16.8 Å². The van der Waals surface area contributed by atoms with Gasteiger partial charge in [-0.2, -0.15) is 0 Å². The number of rotatable bonds is 3. The van der Waals surface area contributed by atoms with Gasteiger partial charge in [-0.05, 0) is 55.2 Å². The van der Waals surface area contributed by atoms with Crippen LogP contribution in [-0.2, 0) is 9.59 Å². The smallest absolute Gasteiger partial charge is 0.409 e. The van der Waals surface area contributed by atoms with E-state index in [9.17, 15) is 23.2 Å². The van der Waals surface area contributed by atoms with Crippen molar-refractivity contribution in [2.24, 2.45) is 5.92 Å². The number of halogens is 3. The number of benzene rings is 2. The fourth-order valence-electron chi connectivity index (χ4n) is 5.15. The van der Waals surface area contributed by atoms with Crippen LogP contribution >= 0.6 is 11.6 Å². The number of H-pyrrole nitrogens is 1. The molecule has 0 spiro atoms. The second-order valence-electron chi connectivity index (χ2n) is 9.88. The third-order valence-electron chi connectivity index (χ3n) is 7.24. The van der Waals surface area contributed by atoms with Crippen LogP contribution < -0.4 is 10.6 Å². The zero-order chi connectivity index (χ0) is 28.6. The Hall–Kier alpha value is -4.25. The first-order valence-electron chi connectivity index (χ1n) is 12.8. The summed E-state index contributed by atoms with van der Waals surface area (Å²) in [5.74, 6) is -2.16. The molecule has 40 heavy (non-hydrogen) atoms. The highest BCUT2D eigenvalue weighted by atomic mass is 35.5. The van der Waals surface area contributed by atoms with Crippen LogP contribution in [0.4, 0.5) is 25.0 Å². The van der Waals surface area contributed by atoms with E-state index in [1.807, 2.05) is 0 Å². The Morgan fingerprint density at radius 3 is 2.75 bits per heavy atom. The van der Waals surface area contributed by atoms with E-state index in [4.69, 9.17) is 16.7 Å². The zero-order valence-electron chi connectivity index (χ0n) is 21.4. The van der Waals surface area contributed by atoms with E-state index in [1.54, 1.807) is 30.2 Å². The maximum atomic E-state index is 14.6. The zero-order valence-corrected chi connectivity index (χ0v) is 22.2. The first-order valence-corrected chi connectivity index (χ1v) is 13.2. The number of imidazole rings is 1. The molecule has 2 bridgehead atoms. The summed E-state index contributed by atoms with van der Waals surface area (Å²) in [7, 11) is 0. The van der Waals surface area contributed by atoms with Gasteiger partial charge in [0.25, 0.3) is 0 Å². The van der Waals surface area contributed by atoms with Gasteiger partial charge in [-0.15, -0.1) is 0 Å². The van der Waals surface area contributed by atoms with Crippen molar-refractivity contribution < 1.29 is 28.3 Å². The average molecular weight is 570 g/mol. The first-order chi connectivity index (χ1) is 19.1. The molecule has 4 N–H and O–H groups in total. The van der Waals surface area contributed by atoms with Gasteiger partial charge >= 0.3 is 6.09 Å². The van der Waals surface area contributed by atoms with E-state index in [0.717, 1.165) is 12.1 Å². The van der Waals surface area contributed by atoms with Crippen LogP contribution in [0.1, 0.15) is 50.0 Å². The van der Waals surface area contributed by atoms with Crippen molar-refractivity contribution in [2.45, 2.75) is 38.6 Å². The van der Waals surface area contributed by atoms with Crippen LogP contribution in [0.5, 0.6) is 0 Å². The van der Waals surface area contributed by atoms with Crippen molar-refractivity contribution >= 4 is 46.5 Å². The Bertz CT molecular complexity index is 1540. The van der Waals surface area contributed by atoms with Crippen molar-refractivity contribution in [3.05, 3.63) is 70.6 Å². The highest BCUT2D eigenvalue weighted by Gasteiger charge is 2.32.